The Morgan fingerprint density at radius 1 is 1.20 bits per heavy atom. The van der Waals surface area contributed by atoms with E-state index in [2.05, 4.69) is 68.2 Å². The Morgan fingerprint density at radius 2 is 2.00 bits per heavy atom. The zero-order valence-electron chi connectivity index (χ0n) is 16.4. The summed E-state index contributed by atoms with van der Waals surface area (Å²) in [7, 11) is 0. The molecule has 0 amide bonds. The van der Waals surface area contributed by atoms with Crippen molar-refractivity contribution in [1.29, 1.82) is 0 Å². The largest absolute Gasteiger partial charge is 0.306 e. The third-order valence-electron chi connectivity index (χ3n) is 4.53. The lowest BCUT2D eigenvalue weighted by Gasteiger charge is -2.08. The molecule has 0 aliphatic carbocycles. The first kappa shape index (κ1) is 20.3. The second-order valence-electron chi connectivity index (χ2n) is 6.53. The number of hydrogen-bond donors (Lipinski definition) is 0. The van der Waals surface area contributed by atoms with Crippen LogP contribution in [0.3, 0.4) is 0 Å². The summed E-state index contributed by atoms with van der Waals surface area (Å²) in [6.07, 6.45) is 7.27. The lowest BCUT2D eigenvalue weighted by molar-refractivity contribution is 0.834. The fraction of sp³-hybridized carbons (Fsp3) is 0.0870. The van der Waals surface area contributed by atoms with E-state index in [0.29, 0.717) is 6.54 Å². The lowest BCUT2D eigenvalue weighted by atomic mass is 10.1. The number of halogens is 1. The highest BCUT2D eigenvalue weighted by atomic mass is 79.9. The molecule has 30 heavy (non-hydrogen) atoms. The minimum atomic E-state index is 0.546. The minimum absolute atomic E-state index is 0.546. The Labute approximate surface area is 187 Å². The van der Waals surface area contributed by atoms with Crippen molar-refractivity contribution in [2.45, 2.75) is 6.92 Å². The first-order chi connectivity index (χ1) is 14.7. The summed E-state index contributed by atoms with van der Waals surface area (Å²) in [6, 6.07) is 16.4. The molecule has 2 aromatic carbocycles. The van der Waals surface area contributed by atoms with E-state index < -0.39 is 0 Å². The van der Waals surface area contributed by atoms with Crippen molar-refractivity contribution in [1.82, 2.24) is 14.2 Å². The zero-order valence-corrected chi connectivity index (χ0v) is 18.8. The number of imidazole rings is 1. The number of nitrogens with zero attached hydrogens (tertiary/aromatic N) is 5. The Balaban J connectivity index is 1.77. The van der Waals surface area contributed by atoms with Crippen molar-refractivity contribution in [2.75, 3.05) is 6.54 Å². The number of benzene rings is 2. The van der Waals surface area contributed by atoms with E-state index in [-0.39, 0.29) is 0 Å². The predicted octanol–water partition coefficient (Wildman–Crippen LogP) is 5.52. The van der Waals surface area contributed by atoms with E-state index in [1.165, 1.54) is 0 Å². The van der Waals surface area contributed by atoms with Crippen LogP contribution in [0.2, 0.25) is 0 Å². The molecule has 150 valence electrons. The SMILES string of the molecule is C=CCN=c1scc(-c2ccccc2Br)n1N=C(C)c1ccc(-n2ccnc2)cc1. The van der Waals surface area contributed by atoms with Gasteiger partial charge in [0.25, 0.3) is 0 Å². The van der Waals surface area contributed by atoms with Gasteiger partial charge in [-0.15, -0.1) is 17.9 Å². The highest BCUT2D eigenvalue weighted by Gasteiger charge is 2.11. The van der Waals surface area contributed by atoms with Gasteiger partial charge in [-0.1, -0.05) is 52.3 Å². The highest BCUT2D eigenvalue weighted by Crippen LogP contribution is 2.28. The van der Waals surface area contributed by atoms with E-state index in [0.717, 1.165) is 37.5 Å². The molecule has 0 bridgehead atoms. The molecule has 0 atom stereocenters. The van der Waals surface area contributed by atoms with Crippen LogP contribution in [0.5, 0.6) is 0 Å². The van der Waals surface area contributed by atoms with Crippen molar-refractivity contribution in [2.24, 2.45) is 10.1 Å². The third-order valence-corrected chi connectivity index (χ3v) is 6.07. The molecule has 0 N–H and O–H groups in total. The van der Waals surface area contributed by atoms with Crippen molar-refractivity contribution in [3.63, 3.8) is 0 Å². The number of rotatable bonds is 6. The average Bonchev–Trinajstić information content (AvgIpc) is 3.43. The normalized spacial score (nSPS) is 12.3. The Bertz CT molecular complexity index is 1250. The van der Waals surface area contributed by atoms with Crippen molar-refractivity contribution in [3.8, 4) is 16.9 Å². The molecule has 0 spiro atoms. The zero-order chi connectivity index (χ0) is 20.9. The van der Waals surface area contributed by atoms with Gasteiger partial charge in [-0.05, 0) is 30.7 Å². The van der Waals surface area contributed by atoms with Crippen molar-refractivity contribution >= 4 is 33.0 Å². The van der Waals surface area contributed by atoms with E-state index in [1.807, 2.05) is 40.6 Å². The van der Waals surface area contributed by atoms with Crippen LogP contribution in [-0.4, -0.2) is 26.5 Å². The Kier molecular flexibility index (Phi) is 6.21. The molecule has 2 heterocycles. The lowest BCUT2D eigenvalue weighted by Crippen LogP contribution is -2.14. The van der Waals surface area contributed by atoms with Gasteiger partial charge < -0.3 is 4.57 Å². The van der Waals surface area contributed by atoms with Crippen LogP contribution in [0.1, 0.15) is 12.5 Å². The van der Waals surface area contributed by atoms with Crippen LogP contribution >= 0.6 is 27.3 Å². The molecule has 0 unspecified atom stereocenters. The van der Waals surface area contributed by atoms with Gasteiger partial charge in [0.1, 0.15) is 0 Å². The van der Waals surface area contributed by atoms with Crippen LogP contribution in [0, 0.1) is 0 Å². The summed E-state index contributed by atoms with van der Waals surface area (Å²) in [5, 5.41) is 7.01. The number of thiazole rings is 1. The fourth-order valence-electron chi connectivity index (χ4n) is 3.00. The van der Waals surface area contributed by atoms with Crippen LogP contribution < -0.4 is 4.80 Å². The highest BCUT2D eigenvalue weighted by molar-refractivity contribution is 9.10. The molecule has 5 nitrogen and oxygen atoms in total. The van der Waals surface area contributed by atoms with Crippen molar-refractivity contribution in [3.05, 3.63) is 100 Å². The van der Waals surface area contributed by atoms with Gasteiger partial charge in [-0.2, -0.15) is 5.10 Å². The van der Waals surface area contributed by atoms with Gasteiger partial charge in [0, 0.05) is 33.5 Å². The maximum absolute atomic E-state index is 4.93. The van der Waals surface area contributed by atoms with Crippen LogP contribution in [0.25, 0.3) is 16.9 Å². The summed E-state index contributed by atoms with van der Waals surface area (Å²) >= 11 is 5.22. The standard InChI is InChI=1S/C23H20BrN5S/c1-3-12-26-23-29(22(15-30-23)20-6-4-5-7-21(20)24)27-17(2)18-8-10-19(11-9-18)28-14-13-25-16-28/h3-11,13-16H,1,12H2,2H3. The molecule has 4 aromatic rings. The Hall–Kier alpha value is -3.03. The molecule has 0 radical (unpaired) electrons. The summed E-state index contributed by atoms with van der Waals surface area (Å²) in [5.41, 5.74) is 5.07. The van der Waals surface area contributed by atoms with Crippen LogP contribution in [0.4, 0.5) is 0 Å². The summed E-state index contributed by atoms with van der Waals surface area (Å²) in [4.78, 5) is 9.56. The van der Waals surface area contributed by atoms with Crippen LogP contribution in [-0.2, 0) is 0 Å². The molecule has 0 aliphatic heterocycles. The first-order valence-electron chi connectivity index (χ1n) is 9.38. The van der Waals surface area contributed by atoms with Gasteiger partial charge in [-0.3, -0.25) is 4.99 Å². The molecule has 0 saturated heterocycles. The first-order valence-corrected chi connectivity index (χ1v) is 11.1. The fourth-order valence-corrected chi connectivity index (χ4v) is 4.32. The van der Waals surface area contributed by atoms with Gasteiger partial charge >= 0.3 is 0 Å². The van der Waals surface area contributed by atoms with Gasteiger partial charge in [0.05, 0.1) is 24.3 Å². The predicted molar refractivity (Wildman–Crippen MR) is 127 cm³/mol. The van der Waals surface area contributed by atoms with Gasteiger partial charge in [0.2, 0.25) is 4.80 Å². The molecule has 4 rings (SSSR count). The molecule has 0 fully saturated rings. The van der Waals surface area contributed by atoms with Gasteiger partial charge in [-0.25, -0.2) is 9.66 Å². The summed E-state index contributed by atoms with van der Waals surface area (Å²) < 4.78 is 4.90. The molecule has 0 aliphatic rings. The maximum Gasteiger partial charge on any atom is 0.206 e. The van der Waals surface area contributed by atoms with E-state index in [4.69, 9.17) is 5.10 Å². The Morgan fingerprint density at radius 3 is 2.70 bits per heavy atom. The third kappa shape index (κ3) is 4.27. The second-order valence-corrected chi connectivity index (χ2v) is 8.22. The average molecular weight is 478 g/mol. The monoisotopic (exact) mass is 477 g/mol. The molecular formula is C23H20BrN5S. The van der Waals surface area contributed by atoms with E-state index in [1.54, 1.807) is 29.9 Å². The molecule has 0 saturated carbocycles. The quantitative estimate of drug-likeness (QED) is 0.266. The van der Waals surface area contributed by atoms with E-state index >= 15 is 0 Å². The maximum atomic E-state index is 4.93. The molecule has 7 heteroatoms. The van der Waals surface area contributed by atoms with Crippen LogP contribution in [0.15, 0.2) is 99.9 Å². The second kappa shape index (κ2) is 9.19. The van der Waals surface area contributed by atoms with Crippen molar-refractivity contribution < 1.29 is 0 Å². The molecular weight excluding hydrogens is 458 g/mol. The topological polar surface area (TPSA) is 47.5 Å². The smallest absolute Gasteiger partial charge is 0.206 e. The summed E-state index contributed by atoms with van der Waals surface area (Å²) in [5.74, 6) is 0. The minimum Gasteiger partial charge on any atom is -0.306 e. The number of hydrogen-bond acceptors (Lipinski definition) is 4. The number of aromatic nitrogens is 3. The summed E-state index contributed by atoms with van der Waals surface area (Å²) in [6.45, 7) is 6.33. The van der Waals surface area contributed by atoms with E-state index in [9.17, 15) is 0 Å². The molecule has 2 aromatic heterocycles. The van der Waals surface area contributed by atoms with Gasteiger partial charge in [0.15, 0.2) is 0 Å².